The molecular formula is C14H22BrNO. The van der Waals surface area contributed by atoms with Gasteiger partial charge in [-0.1, -0.05) is 29.3 Å². The molecule has 0 spiro atoms. The first-order valence-corrected chi connectivity index (χ1v) is 6.91. The van der Waals surface area contributed by atoms with Crippen LogP contribution in [-0.4, -0.2) is 20.2 Å². The van der Waals surface area contributed by atoms with Gasteiger partial charge < -0.3 is 10.1 Å². The normalized spacial score (nSPS) is 14.4. The Bertz CT molecular complexity index is 354. The van der Waals surface area contributed by atoms with Gasteiger partial charge in [0.25, 0.3) is 0 Å². The van der Waals surface area contributed by atoms with E-state index in [9.17, 15) is 0 Å². The van der Waals surface area contributed by atoms with E-state index in [1.165, 1.54) is 16.5 Å². The molecule has 0 saturated heterocycles. The predicted octanol–water partition coefficient (Wildman–Crippen LogP) is 3.63. The van der Waals surface area contributed by atoms with Crippen molar-refractivity contribution >= 4 is 15.9 Å². The van der Waals surface area contributed by atoms with Crippen LogP contribution in [0.1, 0.15) is 25.8 Å². The lowest BCUT2D eigenvalue weighted by atomic mass is 9.91. The third-order valence-electron chi connectivity index (χ3n) is 3.42. The third kappa shape index (κ3) is 4.00. The van der Waals surface area contributed by atoms with Crippen molar-refractivity contribution in [3.8, 4) is 5.75 Å². The largest absolute Gasteiger partial charge is 0.497 e. The summed E-state index contributed by atoms with van der Waals surface area (Å²) in [6, 6.07) is 6.69. The Balaban J connectivity index is 2.84. The van der Waals surface area contributed by atoms with Gasteiger partial charge in [-0.05, 0) is 50.1 Å². The highest BCUT2D eigenvalue weighted by Gasteiger charge is 2.16. The Morgan fingerprint density at radius 3 is 2.65 bits per heavy atom. The first kappa shape index (κ1) is 14.5. The Morgan fingerprint density at radius 2 is 2.12 bits per heavy atom. The van der Waals surface area contributed by atoms with E-state index in [1.807, 2.05) is 13.1 Å². The van der Waals surface area contributed by atoms with E-state index < -0.39 is 0 Å². The minimum atomic E-state index is 0.526. The van der Waals surface area contributed by atoms with Gasteiger partial charge in [-0.3, -0.25) is 0 Å². The second-order valence-electron chi connectivity index (χ2n) is 4.41. The highest BCUT2D eigenvalue weighted by molar-refractivity contribution is 9.10. The molecule has 0 aromatic heterocycles. The molecule has 0 amide bonds. The van der Waals surface area contributed by atoms with Crippen LogP contribution in [0.3, 0.4) is 0 Å². The molecule has 1 aromatic carbocycles. The van der Waals surface area contributed by atoms with E-state index in [0.29, 0.717) is 12.0 Å². The minimum Gasteiger partial charge on any atom is -0.497 e. The molecule has 0 aliphatic rings. The van der Waals surface area contributed by atoms with Crippen molar-refractivity contribution in [2.75, 3.05) is 14.2 Å². The van der Waals surface area contributed by atoms with E-state index in [1.54, 1.807) is 7.11 Å². The number of halogens is 1. The lowest BCUT2D eigenvalue weighted by Crippen LogP contribution is -2.31. The van der Waals surface area contributed by atoms with Crippen LogP contribution in [0.25, 0.3) is 0 Å². The lowest BCUT2D eigenvalue weighted by Gasteiger charge is -2.23. The zero-order valence-electron chi connectivity index (χ0n) is 11.1. The number of hydrogen-bond acceptors (Lipinski definition) is 2. The summed E-state index contributed by atoms with van der Waals surface area (Å²) < 4.78 is 6.44. The van der Waals surface area contributed by atoms with Gasteiger partial charge >= 0.3 is 0 Å². The molecule has 2 unspecified atom stereocenters. The zero-order valence-corrected chi connectivity index (χ0v) is 12.7. The zero-order chi connectivity index (χ0) is 12.8. The van der Waals surface area contributed by atoms with Crippen LogP contribution in [-0.2, 0) is 6.42 Å². The number of benzene rings is 1. The van der Waals surface area contributed by atoms with Gasteiger partial charge in [-0.25, -0.2) is 0 Å². The second kappa shape index (κ2) is 7.02. The summed E-state index contributed by atoms with van der Waals surface area (Å²) in [7, 11) is 3.73. The molecule has 2 nitrogen and oxygen atoms in total. The summed E-state index contributed by atoms with van der Waals surface area (Å²) >= 11 is 3.61. The van der Waals surface area contributed by atoms with Crippen molar-refractivity contribution in [1.29, 1.82) is 0 Å². The van der Waals surface area contributed by atoms with Gasteiger partial charge in [0.05, 0.1) is 7.11 Å². The molecule has 0 aliphatic carbocycles. The number of rotatable bonds is 6. The molecule has 2 atom stereocenters. The Morgan fingerprint density at radius 1 is 1.41 bits per heavy atom. The van der Waals surface area contributed by atoms with Crippen molar-refractivity contribution in [2.45, 2.75) is 32.7 Å². The highest BCUT2D eigenvalue weighted by Crippen LogP contribution is 2.26. The number of nitrogens with one attached hydrogen (secondary N) is 1. The third-order valence-corrected chi connectivity index (χ3v) is 4.20. The lowest BCUT2D eigenvalue weighted by molar-refractivity contribution is 0.379. The average Bonchev–Trinajstić information content (AvgIpc) is 2.36. The second-order valence-corrected chi connectivity index (χ2v) is 5.26. The molecule has 3 heteroatoms. The summed E-state index contributed by atoms with van der Waals surface area (Å²) in [5, 5.41) is 3.34. The van der Waals surface area contributed by atoms with Crippen LogP contribution >= 0.6 is 15.9 Å². The summed E-state index contributed by atoms with van der Waals surface area (Å²) in [5.74, 6) is 1.57. The quantitative estimate of drug-likeness (QED) is 0.866. The van der Waals surface area contributed by atoms with Gasteiger partial charge in [-0.2, -0.15) is 0 Å². The van der Waals surface area contributed by atoms with Crippen LogP contribution in [0, 0.1) is 5.92 Å². The number of hydrogen-bond donors (Lipinski definition) is 1. The van der Waals surface area contributed by atoms with Crippen LogP contribution in [0.15, 0.2) is 22.7 Å². The molecule has 1 rings (SSSR count). The average molecular weight is 300 g/mol. The molecule has 0 fully saturated rings. The van der Waals surface area contributed by atoms with Crippen LogP contribution < -0.4 is 10.1 Å². The topological polar surface area (TPSA) is 21.3 Å². The molecule has 17 heavy (non-hydrogen) atoms. The number of ether oxygens (including phenoxy) is 1. The Hall–Kier alpha value is -0.540. The Kier molecular flexibility index (Phi) is 6.00. The van der Waals surface area contributed by atoms with Crippen molar-refractivity contribution < 1.29 is 4.74 Å². The van der Waals surface area contributed by atoms with Crippen LogP contribution in [0.5, 0.6) is 5.75 Å². The fourth-order valence-electron chi connectivity index (χ4n) is 2.03. The maximum Gasteiger partial charge on any atom is 0.119 e. The fraction of sp³-hybridized carbons (Fsp3) is 0.571. The van der Waals surface area contributed by atoms with Crippen LogP contribution in [0.4, 0.5) is 0 Å². The maximum absolute atomic E-state index is 5.28. The predicted molar refractivity (Wildman–Crippen MR) is 76.7 cm³/mol. The molecule has 0 heterocycles. The molecule has 0 bridgehead atoms. The minimum absolute atomic E-state index is 0.526. The first-order chi connectivity index (χ1) is 8.12. The molecule has 1 N–H and O–H groups in total. The van der Waals surface area contributed by atoms with E-state index in [-0.39, 0.29) is 0 Å². The van der Waals surface area contributed by atoms with Gasteiger partial charge in [-0.15, -0.1) is 0 Å². The van der Waals surface area contributed by atoms with E-state index in [2.05, 4.69) is 47.2 Å². The highest BCUT2D eigenvalue weighted by atomic mass is 79.9. The maximum atomic E-state index is 5.28. The fourth-order valence-corrected chi connectivity index (χ4v) is 2.44. The van der Waals surface area contributed by atoms with Gasteiger partial charge in [0.15, 0.2) is 0 Å². The van der Waals surface area contributed by atoms with Crippen LogP contribution in [0.2, 0.25) is 0 Å². The van der Waals surface area contributed by atoms with Crippen molar-refractivity contribution in [1.82, 2.24) is 5.32 Å². The van der Waals surface area contributed by atoms with Crippen molar-refractivity contribution in [3.63, 3.8) is 0 Å². The first-order valence-electron chi connectivity index (χ1n) is 6.12. The molecule has 96 valence electrons. The molecule has 0 saturated carbocycles. The summed E-state index contributed by atoms with van der Waals surface area (Å²) in [6.07, 6.45) is 2.24. The monoisotopic (exact) mass is 299 g/mol. The van der Waals surface area contributed by atoms with E-state index in [0.717, 1.165) is 12.2 Å². The molecule has 1 aromatic rings. The van der Waals surface area contributed by atoms with Gasteiger partial charge in [0, 0.05) is 10.5 Å². The smallest absolute Gasteiger partial charge is 0.119 e. The SMILES string of the molecule is CCC(Cc1cc(OC)ccc1Br)C(C)NC. The van der Waals surface area contributed by atoms with Gasteiger partial charge in [0.1, 0.15) is 5.75 Å². The summed E-state index contributed by atoms with van der Waals surface area (Å²) in [6.45, 7) is 4.48. The number of methoxy groups -OCH3 is 1. The van der Waals surface area contributed by atoms with Crippen molar-refractivity contribution in [2.24, 2.45) is 5.92 Å². The van der Waals surface area contributed by atoms with Gasteiger partial charge in [0.2, 0.25) is 0 Å². The summed E-state index contributed by atoms with van der Waals surface area (Å²) in [4.78, 5) is 0. The Labute approximate surface area is 113 Å². The van der Waals surface area contributed by atoms with Crippen molar-refractivity contribution in [3.05, 3.63) is 28.2 Å². The summed E-state index contributed by atoms with van der Waals surface area (Å²) in [5.41, 5.74) is 1.32. The standard InChI is InChI=1S/C14H22BrNO/c1-5-11(10(2)16-3)8-12-9-13(17-4)6-7-14(12)15/h6-7,9-11,16H,5,8H2,1-4H3. The van der Waals surface area contributed by atoms with E-state index >= 15 is 0 Å². The molecular weight excluding hydrogens is 278 g/mol. The van der Waals surface area contributed by atoms with E-state index in [4.69, 9.17) is 4.74 Å². The molecule has 0 radical (unpaired) electrons. The molecule has 0 aliphatic heterocycles.